The zero-order valence-corrected chi connectivity index (χ0v) is 12.2. The third kappa shape index (κ3) is 2.64. The quantitative estimate of drug-likeness (QED) is 0.805. The van der Waals surface area contributed by atoms with Crippen LogP contribution in [0.15, 0.2) is 41.3 Å². The zero-order chi connectivity index (χ0) is 14.8. The fourth-order valence-corrected chi connectivity index (χ4v) is 2.30. The Hall–Kier alpha value is -2.27. The van der Waals surface area contributed by atoms with Crippen LogP contribution in [-0.4, -0.2) is 21.1 Å². The van der Waals surface area contributed by atoms with Gasteiger partial charge in [-0.05, 0) is 30.7 Å². The average molecular weight is 304 g/mol. The monoisotopic (exact) mass is 303 g/mol. The van der Waals surface area contributed by atoms with Crippen LogP contribution in [0.25, 0.3) is 16.7 Å². The molecule has 6 heteroatoms. The van der Waals surface area contributed by atoms with E-state index in [9.17, 15) is 4.79 Å². The van der Waals surface area contributed by atoms with Gasteiger partial charge >= 0.3 is 5.69 Å². The largest absolute Gasteiger partial charge is 0.478 e. The molecule has 0 saturated carbocycles. The normalized spacial score (nSPS) is 11.0. The molecule has 1 N–H and O–H groups in total. The summed E-state index contributed by atoms with van der Waals surface area (Å²) >= 11 is 6.00. The standard InChI is InChI=1S/C15H14ClN3O2/c1-2-7-21-14-6-4-11(9-17-14)19-13-8-10(16)3-5-12(13)18-15(19)20/h3-6,8-9H,2,7H2,1H3,(H,18,20). The Balaban J connectivity index is 2.05. The van der Waals surface area contributed by atoms with Gasteiger partial charge in [0, 0.05) is 11.1 Å². The lowest BCUT2D eigenvalue weighted by molar-refractivity contribution is 0.305. The number of hydrogen-bond acceptors (Lipinski definition) is 3. The summed E-state index contributed by atoms with van der Waals surface area (Å²) in [6.45, 7) is 2.65. The molecule has 3 rings (SSSR count). The van der Waals surface area contributed by atoms with E-state index in [0.717, 1.165) is 17.5 Å². The number of rotatable bonds is 4. The van der Waals surface area contributed by atoms with E-state index in [1.807, 2.05) is 6.92 Å². The molecule has 0 bridgehead atoms. The van der Waals surface area contributed by atoms with E-state index in [0.29, 0.717) is 23.2 Å². The summed E-state index contributed by atoms with van der Waals surface area (Å²) in [4.78, 5) is 19.1. The summed E-state index contributed by atoms with van der Waals surface area (Å²) in [5.41, 5.74) is 1.89. The van der Waals surface area contributed by atoms with Crippen molar-refractivity contribution in [3.8, 4) is 11.6 Å². The minimum atomic E-state index is -0.226. The number of pyridine rings is 1. The van der Waals surface area contributed by atoms with Crippen LogP contribution >= 0.6 is 11.6 Å². The molecule has 21 heavy (non-hydrogen) atoms. The Kier molecular flexibility index (Phi) is 3.66. The van der Waals surface area contributed by atoms with Gasteiger partial charge in [0.2, 0.25) is 5.88 Å². The number of aromatic amines is 1. The Morgan fingerprint density at radius 1 is 1.33 bits per heavy atom. The van der Waals surface area contributed by atoms with E-state index in [1.165, 1.54) is 4.57 Å². The van der Waals surface area contributed by atoms with Crippen molar-refractivity contribution in [2.45, 2.75) is 13.3 Å². The summed E-state index contributed by atoms with van der Waals surface area (Å²) in [5.74, 6) is 0.548. The molecule has 5 nitrogen and oxygen atoms in total. The van der Waals surface area contributed by atoms with E-state index in [1.54, 1.807) is 36.5 Å². The lowest BCUT2D eigenvalue weighted by Gasteiger charge is -2.06. The zero-order valence-electron chi connectivity index (χ0n) is 11.5. The van der Waals surface area contributed by atoms with Gasteiger partial charge in [-0.3, -0.25) is 4.57 Å². The van der Waals surface area contributed by atoms with Crippen molar-refractivity contribution in [2.75, 3.05) is 6.61 Å². The summed E-state index contributed by atoms with van der Waals surface area (Å²) in [5, 5.41) is 0.575. The minimum absolute atomic E-state index is 0.226. The van der Waals surface area contributed by atoms with Crippen molar-refractivity contribution >= 4 is 22.6 Å². The third-order valence-electron chi connectivity index (χ3n) is 3.08. The Bertz CT molecular complexity index is 821. The number of nitrogens with one attached hydrogen (secondary N) is 1. The lowest BCUT2D eigenvalue weighted by atomic mass is 10.3. The van der Waals surface area contributed by atoms with Crippen LogP contribution in [0.3, 0.4) is 0 Å². The number of aromatic nitrogens is 3. The Morgan fingerprint density at radius 2 is 2.19 bits per heavy atom. The van der Waals surface area contributed by atoms with Gasteiger partial charge in [0.05, 0.1) is 29.5 Å². The molecule has 0 fully saturated rings. The summed E-state index contributed by atoms with van der Waals surface area (Å²) in [6.07, 6.45) is 2.53. The number of H-pyrrole nitrogens is 1. The van der Waals surface area contributed by atoms with Crippen molar-refractivity contribution in [1.82, 2.24) is 14.5 Å². The van der Waals surface area contributed by atoms with Gasteiger partial charge < -0.3 is 9.72 Å². The summed E-state index contributed by atoms with van der Waals surface area (Å²) in [7, 11) is 0. The first kappa shape index (κ1) is 13.7. The number of benzene rings is 1. The maximum atomic E-state index is 12.1. The van der Waals surface area contributed by atoms with Crippen LogP contribution in [0.4, 0.5) is 0 Å². The highest BCUT2D eigenvalue weighted by Gasteiger charge is 2.09. The molecule has 0 aliphatic heterocycles. The molecule has 0 unspecified atom stereocenters. The van der Waals surface area contributed by atoms with Crippen molar-refractivity contribution < 1.29 is 4.74 Å². The number of nitrogens with zero attached hydrogens (tertiary/aromatic N) is 2. The predicted molar refractivity (Wildman–Crippen MR) is 82.5 cm³/mol. The van der Waals surface area contributed by atoms with Gasteiger partial charge in [-0.15, -0.1) is 0 Å². The first-order valence-electron chi connectivity index (χ1n) is 6.68. The maximum Gasteiger partial charge on any atom is 0.331 e. The molecule has 0 atom stereocenters. The SMILES string of the molecule is CCCOc1ccc(-n2c(=O)[nH]c3ccc(Cl)cc32)cn1. The van der Waals surface area contributed by atoms with E-state index in [4.69, 9.17) is 16.3 Å². The third-order valence-corrected chi connectivity index (χ3v) is 3.31. The lowest BCUT2D eigenvalue weighted by Crippen LogP contribution is -2.14. The first-order valence-corrected chi connectivity index (χ1v) is 7.06. The number of imidazole rings is 1. The van der Waals surface area contributed by atoms with Crippen molar-refractivity contribution in [3.05, 3.63) is 52.0 Å². The molecule has 0 saturated heterocycles. The van der Waals surface area contributed by atoms with E-state index in [-0.39, 0.29) is 5.69 Å². The Labute approximate surface area is 126 Å². The molecule has 0 aliphatic carbocycles. The molecule has 0 aliphatic rings. The van der Waals surface area contributed by atoms with Crippen LogP contribution < -0.4 is 10.4 Å². The van der Waals surface area contributed by atoms with Gasteiger partial charge in [-0.1, -0.05) is 18.5 Å². The predicted octanol–water partition coefficient (Wildman–Crippen LogP) is 3.16. The molecule has 0 spiro atoms. The molecule has 1 aromatic carbocycles. The topological polar surface area (TPSA) is 59.9 Å². The fraction of sp³-hybridized carbons (Fsp3) is 0.200. The second-order valence-corrected chi connectivity index (χ2v) is 5.07. The van der Waals surface area contributed by atoms with Crippen LogP contribution in [0.5, 0.6) is 5.88 Å². The second-order valence-electron chi connectivity index (χ2n) is 4.63. The highest BCUT2D eigenvalue weighted by atomic mass is 35.5. The molecular formula is C15H14ClN3O2. The number of ether oxygens (including phenoxy) is 1. The highest BCUT2D eigenvalue weighted by molar-refractivity contribution is 6.31. The van der Waals surface area contributed by atoms with Crippen LogP contribution in [0.2, 0.25) is 5.02 Å². The smallest absolute Gasteiger partial charge is 0.331 e. The van der Waals surface area contributed by atoms with Crippen LogP contribution in [-0.2, 0) is 0 Å². The van der Waals surface area contributed by atoms with Crippen molar-refractivity contribution in [3.63, 3.8) is 0 Å². The number of halogens is 1. The molecule has 2 heterocycles. The maximum absolute atomic E-state index is 12.1. The number of fused-ring (bicyclic) bond motifs is 1. The van der Waals surface area contributed by atoms with Crippen molar-refractivity contribution in [1.29, 1.82) is 0 Å². The van der Waals surface area contributed by atoms with Gasteiger partial charge in [-0.2, -0.15) is 0 Å². The van der Waals surface area contributed by atoms with E-state index < -0.39 is 0 Å². The summed E-state index contributed by atoms with van der Waals surface area (Å²) < 4.78 is 6.98. The minimum Gasteiger partial charge on any atom is -0.478 e. The molecule has 108 valence electrons. The highest BCUT2D eigenvalue weighted by Crippen LogP contribution is 2.20. The summed E-state index contributed by atoms with van der Waals surface area (Å²) in [6, 6.07) is 8.82. The average Bonchev–Trinajstić information content (AvgIpc) is 2.81. The molecule has 0 amide bonds. The molecular weight excluding hydrogens is 290 g/mol. The van der Waals surface area contributed by atoms with Gasteiger partial charge in [-0.25, -0.2) is 9.78 Å². The van der Waals surface area contributed by atoms with Gasteiger partial charge in [0.1, 0.15) is 0 Å². The first-order chi connectivity index (χ1) is 10.2. The molecule has 3 aromatic rings. The van der Waals surface area contributed by atoms with Crippen molar-refractivity contribution in [2.24, 2.45) is 0 Å². The van der Waals surface area contributed by atoms with Gasteiger partial charge in [0.25, 0.3) is 0 Å². The van der Waals surface area contributed by atoms with Crippen LogP contribution in [0.1, 0.15) is 13.3 Å². The van der Waals surface area contributed by atoms with Gasteiger partial charge in [0.15, 0.2) is 0 Å². The fourth-order valence-electron chi connectivity index (χ4n) is 2.13. The molecule has 2 aromatic heterocycles. The number of hydrogen-bond donors (Lipinski definition) is 1. The van der Waals surface area contributed by atoms with E-state index in [2.05, 4.69) is 9.97 Å². The Morgan fingerprint density at radius 3 is 2.90 bits per heavy atom. The van der Waals surface area contributed by atoms with E-state index >= 15 is 0 Å². The molecule has 0 radical (unpaired) electrons. The van der Waals surface area contributed by atoms with Crippen LogP contribution in [0, 0.1) is 0 Å². The second kappa shape index (κ2) is 5.61.